The highest BCUT2D eigenvalue weighted by molar-refractivity contribution is 8.00. The molecule has 0 aromatic heterocycles. The molecule has 0 unspecified atom stereocenters. The zero-order chi connectivity index (χ0) is 17.4. The van der Waals surface area contributed by atoms with Crippen molar-refractivity contribution in [3.8, 4) is 6.07 Å². The lowest BCUT2D eigenvalue weighted by Gasteiger charge is -2.30. The molecule has 0 saturated carbocycles. The lowest BCUT2D eigenvalue weighted by Crippen LogP contribution is -2.39. The van der Waals surface area contributed by atoms with E-state index in [0.717, 1.165) is 36.5 Å². The number of piperidine rings is 1. The molecule has 1 aliphatic heterocycles. The molecule has 1 aliphatic rings. The Labute approximate surface area is 148 Å². The Kier molecular flexibility index (Phi) is 7.57. The Morgan fingerprint density at radius 1 is 1.46 bits per heavy atom. The van der Waals surface area contributed by atoms with E-state index >= 15 is 0 Å². The van der Waals surface area contributed by atoms with Crippen molar-refractivity contribution in [3.63, 3.8) is 0 Å². The molecule has 1 aromatic rings. The SMILES string of the molecule is C[C@H](CC#N)Sc1ccccc1NC(=O)CN1CCC(CO)CC1. The van der Waals surface area contributed by atoms with Crippen LogP contribution in [0.5, 0.6) is 0 Å². The number of nitriles is 1. The Morgan fingerprint density at radius 2 is 2.17 bits per heavy atom. The number of hydrogen-bond acceptors (Lipinski definition) is 5. The average molecular weight is 347 g/mol. The third-order valence-electron chi connectivity index (χ3n) is 4.20. The predicted molar refractivity (Wildman–Crippen MR) is 96.9 cm³/mol. The van der Waals surface area contributed by atoms with Crippen LogP contribution in [-0.2, 0) is 4.79 Å². The summed E-state index contributed by atoms with van der Waals surface area (Å²) in [7, 11) is 0. The van der Waals surface area contributed by atoms with Crippen LogP contribution >= 0.6 is 11.8 Å². The zero-order valence-corrected chi connectivity index (χ0v) is 14.9. The van der Waals surface area contributed by atoms with Crippen LogP contribution in [0.1, 0.15) is 26.2 Å². The summed E-state index contributed by atoms with van der Waals surface area (Å²) in [5.74, 6) is 0.362. The van der Waals surface area contributed by atoms with E-state index in [-0.39, 0.29) is 17.8 Å². The van der Waals surface area contributed by atoms with E-state index in [9.17, 15) is 9.90 Å². The van der Waals surface area contributed by atoms with Gasteiger partial charge in [0.15, 0.2) is 0 Å². The smallest absolute Gasteiger partial charge is 0.238 e. The Morgan fingerprint density at radius 3 is 2.83 bits per heavy atom. The molecule has 2 N–H and O–H groups in total. The standard InChI is InChI=1S/C18H25N3O2S/c1-14(6-9-19)24-17-5-3-2-4-16(17)20-18(23)12-21-10-7-15(13-22)8-11-21/h2-5,14-15,22H,6-8,10-13H2,1H3,(H,20,23)/t14-/m1/s1. The van der Waals surface area contributed by atoms with Gasteiger partial charge in [-0.15, -0.1) is 11.8 Å². The summed E-state index contributed by atoms with van der Waals surface area (Å²) in [6.07, 6.45) is 2.37. The number of nitrogens with zero attached hydrogens (tertiary/aromatic N) is 2. The van der Waals surface area contributed by atoms with Crippen LogP contribution in [0.3, 0.4) is 0 Å². The van der Waals surface area contributed by atoms with Crippen LogP contribution in [0.15, 0.2) is 29.2 Å². The summed E-state index contributed by atoms with van der Waals surface area (Å²) in [6.45, 7) is 4.34. The molecule has 1 atom stereocenters. The number of aliphatic hydroxyl groups is 1. The maximum atomic E-state index is 12.3. The quantitative estimate of drug-likeness (QED) is 0.742. The van der Waals surface area contributed by atoms with Crippen molar-refractivity contribution in [1.29, 1.82) is 5.26 Å². The normalized spacial score (nSPS) is 17.2. The fraction of sp³-hybridized carbons (Fsp3) is 0.556. The van der Waals surface area contributed by atoms with Crippen LogP contribution in [0.2, 0.25) is 0 Å². The van der Waals surface area contributed by atoms with Crippen LogP contribution < -0.4 is 5.32 Å². The highest BCUT2D eigenvalue weighted by Crippen LogP contribution is 2.31. The summed E-state index contributed by atoms with van der Waals surface area (Å²) < 4.78 is 0. The number of thioether (sulfide) groups is 1. The van der Waals surface area contributed by atoms with E-state index in [2.05, 4.69) is 16.3 Å². The second kappa shape index (κ2) is 9.67. The number of carbonyl (C=O) groups is 1. The van der Waals surface area contributed by atoms with E-state index in [1.807, 2.05) is 31.2 Å². The fourth-order valence-corrected chi connectivity index (χ4v) is 3.77. The second-order valence-electron chi connectivity index (χ2n) is 6.24. The van der Waals surface area contributed by atoms with Crippen LogP contribution in [0, 0.1) is 17.2 Å². The molecule has 6 heteroatoms. The molecular weight excluding hydrogens is 322 g/mol. The predicted octanol–water partition coefficient (Wildman–Crippen LogP) is 2.72. The first kappa shape index (κ1) is 18.8. The Hall–Kier alpha value is -1.55. The third-order valence-corrected chi connectivity index (χ3v) is 5.38. The summed E-state index contributed by atoms with van der Waals surface area (Å²) >= 11 is 1.61. The maximum Gasteiger partial charge on any atom is 0.238 e. The third kappa shape index (κ3) is 5.82. The van der Waals surface area contributed by atoms with E-state index in [0.29, 0.717) is 18.9 Å². The molecule has 0 aliphatic carbocycles. The van der Waals surface area contributed by atoms with Crippen molar-refractivity contribution in [2.24, 2.45) is 5.92 Å². The van der Waals surface area contributed by atoms with Gasteiger partial charge in [-0.1, -0.05) is 19.1 Å². The number of nitrogens with one attached hydrogen (secondary N) is 1. The summed E-state index contributed by atoms with van der Waals surface area (Å²) in [5, 5.41) is 21.2. The molecular formula is C18H25N3O2S. The van der Waals surface area contributed by atoms with E-state index in [4.69, 9.17) is 5.26 Å². The van der Waals surface area contributed by atoms with E-state index in [1.54, 1.807) is 11.8 Å². The first-order valence-corrected chi connectivity index (χ1v) is 9.26. The van der Waals surface area contributed by atoms with Crippen molar-refractivity contribution in [3.05, 3.63) is 24.3 Å². The number of para-hydroxylation sites is 1. The molecule has 1 fully saturated rings. The van der Waals surface area contributed by atoms with Gasteiger partial charge in [0.1, 0.15) is 0 Å². The van der Waals surface area contributed by atoms with Crippen molar-refractivity contribution in [2.45, 2.75) is 36.3 Å². The largest absolute Gasteiger partial charge is 0.396 e. The summed E-state index contributed by atoms with van der Waals surface area (Å²) in [4.78, 5) is 15.5. The van der Waals surface area contributed by atoms with Crippen molar-refractivity contribution in [2.75, 3.05) is 31.6 Å². The van der Waals surface area contributed by atoms with Gasteiger partial charge < -0.3 is 10.4 Å². The number of benzene rings is 1. The van der Waals surface area contributed by atoms with Gasteiger partial charge in [0, 0.05) is 23.2 Å². The van der Waals surface area contributed by atoms with Crippen LogP contribution in [-0.4, -0.2) is 47.4 Å². The van der Waals surface area contributed by atoms with Gasteiger partial charge >= 0.3 is 0 Å². The topological polar surface area (TPSA) is 76.4 Å². The lowest BCUT2D eigenvalue weighted by atomic mass is 9.98. The first-order valence-electron chi connectivity index (χ1n) is 8.38. The minimum Gasteiger partial charge on any atom is -0.396 e. The summed E-state index contributed by atoms with van der Waals surface area (Å²) in [6, 6.07) is 9.90. The van der Waals surface area contributed by atoms with Crippen LogP contribution in [0.25, 0.3) is 0 Å². The van der Waals surface area contributed by atoms with Gasteiger partial charge in [-0.3, -0.25) is 9.69 Å². The van der Waals surface area contributed by atoms with Crippen molar-refractivity contribution >= 4 is 23.4 Å². The zero-order valence-electron chi connectivity index (χ0n) is 14.1. The van der Waals surface area contributed by atoms with Gasteiger partial charge in [0.2, 0.25) is 5.91 Å². The molecule has 0 spiro atoms. The number of amides is 1. The number of hydrogen-bond donors (Lipinski definition) is 2. The van der Waals surface area contributed by atoms with Gasteiger partial charge in [-0.05, 0) is 44.0 Å². The van der Waals surface area contributed by atoms with Crippen molar-refractivity contribution in [1.82, 2.24) is 4.90 Å². The number of aliphatic hydroxyl groups excluding tert-OH is 1. The van der Waals surface area contributed by atoms with Crippen LogP contribution in [0.4, 0.5) is 5.69 Å². The molecule has 1 aromatic carbocycles. The average Bonchev–Trinajstić information content (AvgIpc) is 2.57. The number of rotatable bonds is 7. The van der Waals surface area contributed by atoms with E-state index in [1.165, 1.54) is 0 Å². The molecule has 24 heavy (non-hydrogen) atoms. The van der Waals surface area contributed by atoms with Gasteiger partial charge in [-0.25, -0.2) is 0 Å². The number of anilines is 1. The van der Waals surface area contributed by atoms with Gasteiger partial charge in [-0.2, -0.15) is 5.26 Å². The number of likely N-dealkylation sites (tertiary alicyclic amines) is 1. The lowest BCUT2D eigenvalue weighted by molar-refractivity contribution is -0.117. The second-order valence-corrected chi connectivity index (χ2v) is 7.72. The minimum atomic E-state index is -0.0153. The first-order chi connectivity index (χ1) is 11.6. The molecule has 2 rings (SSSR count). The minimum absolute atomic E-state index is 0.0153. The molecule has 130 valence electrons. The highest BCUT2D eigenvalue weighted by atomic mass is 32.2. The monoisotopic (exact) mass is 347 g/mol. The van der Waals surface area contributed by atoms with Gasteiger partial charge in [0.05, 0.1) is 18.3 Å². The van der Waals surface area contributed by atoms with Gasteiger partial charge in [0.25, 0.3) is 0 Å². The van der Waals surface area contributed by atoms with E-state index < -0.39 is 0 Å². The van der Waals surface area contributed by atoms with Crippen molar-refractivity contribution < 1.29 is 9.90 Å². The summed E-state index contributed by atoms with van der Waals surface area (Å²) in [5.41, 5.74) is 0.808. The Bertz CT molecular complexity index is 580. The molecule has 5 nitrogen and oxygen atoms in total. The molecule has 1 heterocycles. The Balaban J connectivity index is 1.89. The molecule has 0 bridgehead atoms. The molecule has 1 saturated heterocycles. The molecule has 1 amide bonds. The number of carbonyl (C=O) groups excluding carboxylic acids is 1. The fourth-order valence-electron chi connectivity index (χ4n) is 2.78. The highest BCUT2D eigenvalue weighted by Gasteiger charge is 2.20. The molecule has 0 radical (unpaired) electrons. The maximum absolute atomic E-state index is 12.3.